The summed E-state index contributed by atoms with van der Waals surface area (Å²) in [5, 5.41) is 6.44. The van der Waals surface area contributed by atoms with Gasteiger partial charge in [0.2, 0.25) is 0 Å². The van der Waals surface area contributed by atoms with Crippen LogP contribution in [0.3, 0.4) is 0 Å². The van der Waals surface area contributed by atoms with Crippen LogP contribution >= 0.6 is 0 Å². The first-order valence-corrected chi connectivity index (χ1v) is 4.15. The average Bonchev–Trinajstić information content (AvgIpc) is 2.64. The first-order valence-electron chi connectivity index (χ1n) is 4.15. The number of allylic oxidation sites excluding steroid dienone is 5. The fraction of sp³-hybridized carbons (Fsp3) is 0.111. The van der Waals surface area contributed by atoms with Crippen molar-refractivity contribution >= 4 is 6.09 Å². The van der Waals surface area contributed by atoms with Crippen LogP contribution in [0.1, 0.15) is 0 Å². The molecule has 0 atom stereocenters. The van der Waals surface area contributed by atoms with Gasteiger partial charge in [0.1, 0.15) is 5.92 Å². The first-order chi connectivity index (χ1) is 7.47. The van der Waals surface area contributed by atoms with Gasteiger partial charge >= 0.3 is 12.3 Å². The molecule has 4 nitrogen and oxygen atoms in total. The maximum atomic E-state index is 12.2. The van der Waals surface area contributed by atoms with Crippen molar-refractivity contribution in [3.8, 4) is 0 Å². The zero-order valence-corrected chi connectivity index (χ0v) is 7.65. The minimum Gasteiger partial charge on any atom is -0.386 e. The summed E-state index contributed by atoms with van der Waals surface area (Å²) in [7, 11) is 0. The van der Waals surface area contributed by atoms with E-state index in [4.69, 9.17) is 0 Å². The number of nitrogens with zero attached hydrogens (tertiary/aromatic N) is 2. The van der Waals surface area contributed by atoms with Crippen molar-refractivity contribution in [3.63, 3.8) is 0 Å². The Bertz CT molecular complexity index is 430. The highest BCUT2D eigenvalue weighted by Crippen LogP contribution is 2.34. The first kappa shape index (κ1) is 10.6. The monoisotopic (exact) mass is 229 g/mol. The van der Waals surface area contributed by atoms with Gasteiger partial charge in [-0.05, 0) is 0 Å². The maximum Gasteiger partial charge on any atom is 0.459 e. The van der Waals surface area contributed by atoms with Crippen LogP contribution in [0.2, 0.25) is 0 Å². The van der Waals surface area contributed by atoms with Crippen LogP contribution in [0.5, 0.6) is 0 Å². The van der Waals surface area contributed by atoms with Gasteiger partial charge in [-0.15, -0.1) is 5.11 Å². The summed E-state index contributed by atoms with van der Waals surface area (Å²) in [5.74, 6) is -0.878. The second-order valence-corrected chi connectivity index (χ2v) is 2.95. The predicted octanol–water partition coefficient (Wildman–Crippen LogP) is 3.06. The average molecular weight is 229 g/mol. The Morgan fingerprint density at radius 2 is 1.69 bits per heavy atom. The molecule has 2 rings (SSSR count). The van der Waals surface area contributed by atoms with Gasteiger partial charge in [-0.3, -0.25) is 0 Å². The molecular weight excluding hydrogens is 225 g/mol. The Kier molecular flexibility index (Phi) is 2.37. The molecule has 1 aliphatic carbocycles. The summed E-state index contributed by atoms with van der Waals surface area (Å²) in [5.41, 5.74) is 0.266. The molecule has 0 fully saturated rings. The number of hydrogen-bond acceptors (Lipinski definition) is 3. The SMILES string of the molecule is O=C1N=NC(=C2C=C[C](C(F)(F)F)C=C2)O1. The molecule has 7 heteroatoms. The molecule has 1 heterocycles. The van der Waals surface area contributed by atoms with Gasteiger partial charge < -0.3 is 4.74 Å². The third kappa shape index (κ3) is 2.02. The van der Waals surface area contributed by atoms with E-state index in [2.05, 4.69) is 15.0 Å². The van der Waals surface area contributed by atoms with Gasteiger partial charge in [-0.2, -0.15) is 13.2 Å². The number of rotatable bonds is 0. The number of carbonyl (C=O) groups excluding carboxylic acids is 1. The van der Waals surface area contributed by atoms with Crippen molar-refractivity contribution in [3.05, 3.63) is 41.7 Å². The molecule has 1 amide bonds. The number of hydrogen-bond donors (Lipinski definition) is 0. The molecule has 83 valence electrons. The summed E-state index contributed by atoms with van der Waals surface area (Å²) in [6.07, 6.45) is -1.19. The van der Waals surface area contributed by atoms with Gasteiger partial charge in [0.25, 0.3) is 5.88 Å². The molecule has 1 radical (unpaired) electrons. The van der Waals surface area contributed by atoms with Gasteiger partial charge in [0.15, 0.2) is 0 Å². The number of ether oxygens (including phenoxy) is 1. The summed E-state index contributed by atoms with van der Waals surface area (Å²) in [6.45, 7) is 0. The van der Waals surface area contributed by atoms with E-state index < -0.39 is 18.2 Å². The minimum atomic E-state index is -4.39. The second kappa shape index (κ2) is 3.58. The van der Waals surface area contributed by atoms with E-state index in [-0.39, 0.29) is 11.5 Å². The van der Waals surface area contributed by atoms with Crippen molar-refractivity contribution in [2.45, 2.75) is 6.18 Å². The number of carbonyl (C=O) groups is 1. The van der Waals surface area contributed by atoms with Crippen molar-refractivity contribution in [1.29, 1.82) is 0 Å². The Labute approximate surface area is 87.8 Å². The van der Waals surface area contributed by atoms with Crippen LogP contribution in [0, 0.1) is 5.92 Å². The van der Waals surface area contributed by atoms with Crippen LogP contribution in [0.4, 0.5) is 18.0 Å². The van der Waals surface area contributed by atoms with Gasteiger partial charge in [0.05, 0.1) is 0 Å². The Morgan fingerprint density at radius 3 is 2.12 bits per heavy atom. The standard InChI is InChI=1S/C9H4F3N2O2/c10-9(11,12)6-3-1-5(2-4-6)7-13-14-8(15)16-7/h1-4H. The lowest BCUT2D eigenvalue weighted by Gasteiger charge is -2.14. The normalized spacial score (nSPS) is 20.8. The van der Waals surface area contributed by atoms with Gasteiger partial charge in [-0.1, -0.05) is 29.4 Å². The minimum absolute atomic E-state index is 0.0984. The molecule has 0 aromatic rings. The molecule has 0 unspecified atom stereocenters. The summed E-state index contributed by atoms with van der Waals surface area (Å²) >= 11 is 0. The number of alkyl halides is 3. The van der Waals surface area contributed by atoms with E-state index in [1.807, 2.05) is 0 Å². The molecular formula is C9H4F3N2O2. The molecule has 0 aromatic heterocycles. The van der Waals surface area contributed by atoms with Crippen LogP contribution in [0.25, 0.3) is 0 Å². The summed E-state index contributed by atoms with van der Waals surface area (Å²) < 4.78 is 41.2. The lowest BCUT2D eigenvalue weighted by atomic mass is 10.00. The van der Waals surface area contributed by atoms with Gasteiger partial charge in [-0.25, -0.2) is 4.79 Å². The fourth-order valence-electron chi connectivity index (χ4n) is 1.13. The predicted molar refractivity (Wildman–Crippen MR) is 45.9 cm³/mol. The van der Waals surface area contributed by atoms with Crippen molar-refractivity contribution < 1.29 is 22.7 Å². The highest BCUT2D eigenvalue weighted by molar-refractivity contribution is 5.71. The number of azo groups is 1. The zero-order chi connectivity index (χ0) is 11.8. The van der Waals surface area contributed by atoms with Crippen LogP contribution in [-0.4, -0.2) is 12.3 Å². The number of halogens is 3. The lowest BCUT2D eigenvalue weighted by molar-refractivity contribution is -0.103. The third-order valence-electron chi connectivity index (χ3n) is 1.87. The summed E-state index contributed by atoms with van der Waals surface area (Å²) in [6, 6.07) is 0. The van der Waals surface area contributed by atoms with Crippen molar-refractivity contribution in [1.82, 2.24) is 0 Å². The maximum absolute atomic E-state index is 12.2. The van der Waals surface area contributed by atoms with E-state index in [0.717, 1.165) is 24.3 Å². The van der Waals surface area contributed by atoms with Crippen LogP contribution in [0.15, 0.2) is 46.0 Å². The van der Waals surface area contributed by atoms with Crippen LogP contribution < -0.4 is 0 Å². The van der Waals surface area contributed by atoms with Gasteiger partial charge in [0, 0.05) is 5.57 Å². The quantitative estimate of drug-likeness (QED) is 0.640. The Hall–Kier alpha value is -1.92. The van der Waals surface area contributed by atoms with E-state index in [1.165, 1.54) is 0 Å². The molecule has 0 spiro atoms. The third-order valence-corrected chi connectivity index (χ3v) is 1.87. The molecule has 0 bridgehead atoms. The number of amides is 1. The fourth-order valence-corrected chi connectivity index (χ4v) is 1.13. The van der Waals surface area contributed by atoms with Crippen LogP contribution in [-0.2, 0) is 4.74 Å². The molecule has 0 saturated heterocycles. The van der Waals surface area contributed by atoms with E-state index in [1.54, 1.807) is 0 Å². The molecule has 0 aromatic carbocycles. The largest absolute Gasteiger partial charge is 0.459 e. The molecule has 16 heavy (non-hydrogen) atoms. The highest BCUT2D eigenvalue weighted by atomic mass is 19.4. The van der Waals surface area contributed by atoms with E-state index >= 15 is 0 Å². The Morgan fingerprint density at radius 1 is 1.06 bits per heavy atom. The van der Waals surface area contributed by atoms with Crippen molar-refractivity contribution in [2.75, 3.05) is 0 Å². The topological polar surface area (TPSA) is 51.0 Å². The van der Waals surface area contributed by atoms with E-state index in [9.17, 15) is 18.0 Å². The Balaban J connectivity index is 2.19. The molecule has 1 aliphatic heterocycles. The van der Waals surface area contributed by atoms with Crippen molar-refractivity contribution in [2.24, 2.45) is 10.2 Å². The molecule has 0 saturated carbocycles. The van der Waals surface area contributed by atoms with E-state index in [0.29, 0.717) is 0 Å². The molecule has 0 N–H and O–H groups in total. The number of cyclic esters (lactones) is 1. The lowest BCUT2D eigenvalue weighted by Crippen LogP contribution is -2.17. The molecule has 2 aliphatic rings. The summed E-state index contributed by atoms with van der Waals surface area (Å²) in [4.78, 5) is 10.6. The second-order valence-electron chi connectivity index (χ2n) is 2.95. The zero-order valence-electron chi connectivity index (χ0n) is 7.65. The highest BCUT2D eigenvalue weighted by Gasteiger charge is 2.37. The smallest absolute Gasteiger partial charge is 0.386 e.